The number of hydrogen-bond acceptors (Lipinski definition) is 4. The predicted octanol–water partition coefficient (Wildman–Crippen LogP) is 5.50. The molecule has 1 N–H and O–H groups in total. The predicted molar refractivity (Wildman–Crippen MR) is 110 cm³/mol. The molecule has 0 fully saturated rings. The van der Waals surface area contributed by atoms with Crippen LogP contribution in [-0.4, -0.2) is 17.7 Å². The summed E-state index contributed by atoms with van der Waals surface area (Å²) in [5.74, 6) is 0.438. The Morgan fingerprint density at radius 3 is 2.21 bits per heavy atom. The van der Waals surface area contributed by atoms with Gasteiger partial charge in [0.25, 0.3) is 0 Å². The molecule has 28 heavy (non-hydrogen) atoms. The maximum absolute atomic E-state index is 10.6. The summed E-state index contributed by atoms with van der Waals surface area (Å²) in [6, 6.07) is 22.0. The Balaban J connectivity index is 1.57. The zero-order chi connectivity index (χ0) is 19.9. The lowest BCUT2D eigenvalue weighted by atomic mass is 10.2. The van der Waals surface area contributed by atoms with E-state index in [0.717, 1.165) is 26.7 Å². The molecule has 0 unspecified atom stereocenters. The number of rotatable bonds is 8. The topological polar surface area (TPSA) is 55.8 Å². The summed E-state index contributed by atoms with van der Waals surface area (Å²) >= 11 is 1.63. The first kappa shape index (κ1) is 19.8. The van der Waals surface area contributed by atoms with Crippen molar-refractivity contribution >= 4 is 17.7 Å². The summed E-state index contributed by atoms with van der Waals surface area (Å²) in [6.07, 6.45) is 0. The van der Waals surface area contributed by atoms with Crippen molar-refractivity contribution < 1.29 is 19.4 Å². The van der Waals surface area contributed by atoms with Crippen LogP contribution in [0.1, 0.15) is 16.7 Å². The molecular weight excluding hydrogens is 372 g/mol. The van der Waals surface area contributed by atoms with Crippen LogP contribution in [0, 0.1) is 13.8 Å². The maximum Gasteiger partial charge on any atom is 0.341 e. The van der Waals surface area contributed by atoms with Crippen LogP contribution in [0.3, 0.4) is 0 Å². The van der Waals surface area contributed by atoms with Gasteiger partial charge in [-0.1, -0.05) is 41.6 Å². The molecule has 4 nitrogen and oxygen atoms in total. The van der Waals surface area contributed by atoms with E-state index < -0.39 is 5.97 Å². The Labute approximate surface area is 169 Å². The smallest absolute Gasteiger partial charge is 0.341 e. The van der Waals surface area contributed by atoms with Gasteiger partial charge in [-0.15, -0.1) is 0 Å². The Hall–Kier alpha value is -2.92. The summed E-state index contributed by atoms with van der Waals surface area (Å²) in [4.78, 5) is 12.8. The minimum Gasteiger partial charge on any atom is -0.489 e. The first-order chi connectivity index (χ1) is 13.5. The normalized spacial score (nSPS) is 10.5. The molecule has 0 aliphatic heterocycles. The van der Waals surface area contributed by atoms with Gasteiger partial charge in [0.05, 0.1) is 0 Å². The van der Waals surface area contributed by atoms with E-state index >= 15 is 0 Å². The van der Waals surface area contributed by atoms with Gasteiger partial charge in [0.15, 0.2) is 6.61 Å². The molecule has 0 aliphatic rings. The summed E-state index contributed by atoms with van der Waals surface area (Å²) in [6.45, 7) is 4.18. The highest BCUT2D eigenvalue weighted by Gasteiger charge is 2.06. The molecule has 0 saturated carbocycles. The minimum absolute atomic E-state index is 0.336. The number of carboxylic acids is 1. The van der Waals surface area contributed by atoms with E-state index in [-0.39, 0.29) is 6.61 Å². The van der Waals surface area contributed by atoms with Crippen LogP contribution < -0.4 is 9.47 Å². The van der Waals surface area contributed by atoms with Crippen LogP contribution in [-0.2, 0) is 11.4 Å². The van der Waals surface area contributed by atoms with Crippen LogP contribution >= 0.6 is 11.8 Å². The fourth-order valence-corrected chi connectivity index (χ4v) is 3.49. The highest BCUT2D eigenvalue weighted by atomic mass is 32.2. The number of aliphatic carboxylic acids is 1. The minimum atomic E-state index is -0.984. The van der Waals surface area contributed by atoms with E-state index in [0.29, 0.717) is 12.4 Å². The van der Waals surface area contributed by atoms with E-state index in [1.807, 2.05) is 43.3 Å². The quantitative estimate of drug-likeness (QED) is 0.547. The summed E-state index contributed by atoms with van der Waals surface area (Å²) in [5.41, 5.74) is 3.29. The van der Waals surface area contributed by atoms with Gasteiger partial charge in [0.2, 0.25) is 0 Å². The average molecular weight is 394 g/mol. The lowest BCUT2D eigenvalue weighted by molar-refractivity contribution is -0.139. The Bertz CT molecular complexity index is 934. The van der Waals surface area contributed by atoms with Crippen molar-refractivity contribution in [3.8, 4) is 11.5 Å². The Morgan fingerprint density at radius 1 is 0.893 bits per heavy atom. The molecule has 0 heterocycles. The SMILES string of the molecule is Cc1ccc(COc2ccc(Sc3ccc(OCC(=O)O)c(C)c3)cc2)cc1. The molecule has 3 aromatic carbocycles. The van der Waals surface area contributed by atoms with Crippen LogP contribution in [0.15, 0.2) is 76.5 Å². The van der Waals surface area contributed by atoms with Crippen molar-refractivity contribution in [1.82, 2.24) is 0 Å². The van der Waals surface area contributed by atoms with Gasteiger partial charge in [-0.3, -0.25) is 0 Å². The molecule has 3 aromatic rings. The second-order valence-electron chi connectivity index (χ2n) is 6.46. The zero-order valence-corrected chi connectivity index (χ0v) is 16.7. The Kier molecular flexibility index (Phi) is 6.61. The van der Waals surface area contributed by atoms with Crippen molar-refractivity contribution in [2.24, 2.45) is 0 Å². The van der Waals surface area contributed by atoms with Gasteiger partial charge < -0.3 is 14.6 Å². The molecule has 0 spiro atoms. The monoisotopic (exact) mass is 394 g/mol. The van der Waals surface area contributed by atoms with Gasteiger partial charge in [-0.05, 0) is 67.4 Å². The zero-order valence-electron chi connectivity index (χ0n) is 15.8. The molecule has 0 aromatic heterocycles. The molecule has 0 saturated heterocycles. The standard InChI is InChI=1S/C23H22O4S/c1-16-3-5-18(6-4-16)14-26-19-7-9-20(10-8-19)28-21-11-12-22(17(2)13-21)27-15-23(24)25/h3-13H,14-15H2,1-2H3,(H,24,25). The lowest BCUT2D eigenvalue weighted by Gasteiger charge is -2.10. The largest absolute Gasteiger partial charge is 0.489 e. The molecule has 144 valence electrons. The molecule has 0 amide bonds. The molecule has 0 radical (unpaired) electrons. The van der Waals surface area contributed by atoms with Crippen molar-refractivity contribution in [3.63, 3.8) is 0 Å². The number of hydrogen-bond donors (Lipinski definition) is 1. The van der Waals surface area contributed by atoms with Gasteiger partial charge in [0, 0.05) is 9.79 Å². The van der Waals surface area contributed by atoms with Gasteiger partial charge in [-0.2, -0.15) is 0 Å². The summed E-state index contributed by atoms with van der Waals surface area (Å²) in [5, 5.41) is 8.71. The van der Waals surface area contributed by atoms with Gasteiger partial charge in [0.1, 0.15) is 18.1 Å². The van der Waals surface area contributed by atoms with E-state index in [1.54, 1.807) is 17.8 Å². The molecular formula is C23H22O4S. The fraction of sp³-hybridized carbons (Fsp3) is 0.174. The van der Waals surface area contributed by atoms with Crippen molar-refractivity contribution in [2.75, 3.05) is 6.61 Å². The van der Waals surface area contributed by atoms with Crippen molar-refractivity contribution in [2.45, 2.75) is 30.2 Å². The van der Waals surface area contributed by atoms with Crippen LogP contribution in [0.5, 0.6) is 11.5 Å². The number of carboxylic acid groups (broad SMARTS) is 1. The fourth-order valence-electron chi connectivity index (χ4n) is 2.58. The van der Waals surface area contributed by atoms with E-state index in [2.05, 4.69) is 31.2 Å². The van der Waals surface area contributed by atoms with E-state index in [9.17, 15) is 4.79 Å². The first-order valence-electron chi connectivity index (χ1n) is 8.91. The second kappa shape index (κ2) is 9.33. The maximum atomic E-state index is 10.6. The van der Waals surface area contributed by atoms with Crippen molar-refractivity contribution in [3.05, 3.63) is 83.4 Å². The highest BCUT2D eigenvalue weighted by Crippen LogP contribution is 2.32. The third kappa shape index (κ3) is 5.79. The molecule has 3 rings (SSSR count). The molecule has 0 aliphatic carbocycles. The van der Waals surface area contributed by atoms with Crippen LogP contribution in [0.25, 0.3) is 0 Å². The number of ether oxygens (including phenoxy) is 2. The summed E-state index contributed by atoms with van der Waals surface area (Å²) < 4.78 is 11.1. The van der Waals surface area contributed by atoms with E-state index in [4.69, 9.17) is 14.6 Å². The lowest BCUT2D eigenvalue weighted by Crippen LogP contribution is -2.09. The van der Waals surface area contributed by atoms with E-state index in [1.165, 1.54) is 5.56 Å². The second-order valence-corrected chi connectivity index (χ2v) is 7.60. The average Bonchev–Trinajstić information content (AvgIpc) is 2.68. The van der Waals surface area contributed by atoms with Crippen molar-refractivity contribution in [1.29, 1.82) is 0 Å². The van der Waals surface area contributed by atoms with Gasteiger partial charge >= 0.3 is 5.97 Å². The molecule has 5 heteroatoms. The Morgan fingerprint density at radius 2 is 1.57 bits per heavy atom. The summed E-state index contributed by atoms with van der Waals surface area (Å²) in [7, 11) is 0. The molecule has 0 atom stereocenters. The van der Waals surface area contributed by atoms with Crippen LogP contribution in [0.2, 0.25) is 0 Å². The number of carbonyl (C=O) groups is 1. The molecule has 0 bridgehead atoms. The third-order valence-corrected chi connectivity index (χ3v) is 5.08. The van der Waals surface area contributed by atoms with Gasteiger partial charge in [-0.25, -0.2) is 4.79 Å². The number of aryl methyl sites for hydroxylation is 2. The number of benzene rings is 3. The highest BCUT2D eigenvalue weighted by molar-refractivity contribution is 7.99. The third-order valence-electron chi connectivity index (χ3n) is 4.08. The van der Waals surface area contributed by atoms with Crippen LogP contribution in [0.4, 0.5) is 0 Å². The first-order valence-corrected chi connectivity index (χ1v) is 9.73.